The Balaban J connectivity index is 5.00. The highest BCUT2D eigenvalue weighted by Crippen LogP contribution is 2.49. The van der Waals surface area contributed by atoms with Crippen LogP contribution >= 0.6 is 23.7 Å². The van der Waals surface area contributed by atoms with Crippen molar-refractivity contribution in [3.8, 4) is 0 Å². The summed E-state index contributed by atoms with van der Waals surface area (Å²) in [6, 6.07) is 0.437. The van der Waals surface area contributed by atoms with Gasteiger partial charge in [0.25, 0.3) is 8.53 Å². The molecule has 218 valence electrons. The van der Waals surface area contributed by atoms with Gasteiger partial charge in [-0.15, -0.1) is 0 Å². The minimum Gasteiger partial charge on any atom is -0.381 e. The highest BCUT2D eigenvalue weighted by molar-refractivity contribution is 7.54. The maximum absolute atomic E-state index is 12.3. The van der Waals surface area contributed by atoms with E-state index in [0.717, 1.165) is 0 Å². The molecule has 0 saturated heterocycles. The molecule has 0 aliphatic heterocycles. The highest BCUT2D eigenvalue weighted by atomic mass is 31.2. The molecule has 0 heterocycles. The second kappa shape index (κ2) is 19.6. The van der Waals surface area contributed by atoms with Crippen LogP contribution in [0.2, 0.25) is 0 Å². The number of ether oxygens (including phenoxy) is 2. The number of nitrogens with zero attached hydrogens (tertiary/aromatic N) is 1. The first kappa shape index (κ1) is 36.5. The van der Waals surface area contributed by atoms with Crippen LogP contribution in [0, 0.1) is 0 Å². The zero-order chi connectivity index (χ0) is 27.8. The van der Waals surface area contributed by atoms with Crippen molar-refractivity contribution in [3.05, 3.63) is 0 Å². The SMILES string of the molecule is COC(CCOP(OCCC(CCP(=O)(OC)OC)OC)N(C(C)C)C(C)C)CCP(=O)(OC)OC. The van der Waals surface area contributed by atoms with Gasteiger partial charge in [-0.3, -0.25) is 9.13 Å². The van der Waals surface area contributed by atoms with Crippen LogP contribution in [0.25, 0.3) is 0 Å². The van der Waals surface area contributed by atoms with Crippen molar-refractivity contribution in [1.29, 1.82) is 0 Å². The van der Waals surface area contributed by atoms with E-state index in [0.29, 0.717) is 38.9 Å². The van der Waals surface area contributed by atoms with Gasteiger partial charge in [0.1, 0.15) is 0 Å². The maximum atomic E-state index is 12.3. The largest absolute Gasteiger partial charge is 0.381 e. The topological polar surface area (TPSA) is 111 Å². The Morgan fingerprint density at radius 3 is 1.19 bits per heavy atom. The summed E-state index contributed by atoms with van der Waals surface area (Å²) < 4.78 is 70.5. The van der Waals surface area contributed by atoms with E-state index < -0.39 is 23.7 Å². The van der Waals surface area contributed by atoms with Crippen molar-refractivity contribution in [2.24, 2.45) is 0 Å². The molecule has 2 unspecified atom stereocenters. The number of hydrogen-bond donors (Lipinski definition) is 0. The van der Waals surface area contributed by atoms with Gasteiger partial charge in [-0.05, 0) is 53.4 Å². The van der Waals surface area contributed by atoms with Gasteiger partial charge in [-0.2, -0.15) is 0 Å². The molecule has 36 heavy (non-hydrogen) atoms. The predicted molar refractivity (Wildman–Crippen MR) is 144 cm³/mol. The van der Waals surface area contributed by atoms with Gasteiger partial charge in [0.15, 0.2) is 0 Å². The smallest absolute Gasteiger partial charge is 0.330 e. The van der Waals surface area contributed by atoms with E-state index in [2.05, 4.69) is 32.4 Å². The van der Waals surface area contributed by atoms with E-state index >= 15 is 0 Å². The number of rotatable bonds is 23. The third kappa shape index (κ3) is 14.1. The van der Waals surface area contributed by atoms with E-state index in [-0.39, 0.29) is 36.6 Å². The molecule has 0 radical (unpaired) electrons. The average molecular weight is 582 g/mol. The average Bonchev–Trinajstić information content (AvgIpc) is 2.86. The highest BCUT2D eigenvalue weighted by Gasteiger charge is 2.29. The van der Waals surface area contributed by atoms with Crippen molar-refractivity contribution in [2.45, 2.75) is 77.7 Å². The van der Waals surface area contributed by atoms with E-state index in [1.165, 1.54) is 28.4 Å². The summed E-state index contributed by atoms with van der Waals surface area (Å²) in [7, 11) is 1.28. The van der Waals surface area contributed by atoms with Gasteiger partial charge in [-0.25, -0.2) is 4.67 Å². The Labute approximate surface area is 220 Å². The van der Waals surface area contributed by atoms with Gasteiger partial charge in [-0.1, -0.05) is 0 Å². The Morgan fingerprint density at radius 2 is 0.944 bits per heavy atom. The number of methoxy groups -OCH3 is 2. The molecule has 0 N–H and O–H groups in total. The zero-order valence-electron chi connectivity index (χ0n) is 23.8. The molecular weight excluding hydrogens is 531 g/mol. The second-order valence-corrected chi connectivity index (χ2v) is 15.0. The Morgan fingerprint density at radius 1 is 0.611 bits per heavy atom. The fraction of sp³-hybridized carbons (Fsp3) is 1.00. The molecule has 0 aromatic carbocycles. The molecule has 0 aromatic heterocycles. The summed E-state index contributed by atoms with van der Waals surface area (Å²) in [5.74, 6) is 0. The molecule has 0 bridgehead atoms. The molecular formula is C22H50NO10P3. The van der Waals surface area contributed by atoms with Gasteiger partial charge in [0.2, 0.25) is 0 Å². The monoisotopic (exact) mass is 581 g/mol. The first-order valence-corrected chi connectivity index (χ1v) is 16.8. The molecule has 0 aromatic rings. The third-order valence-electron chi connectivity index (χ3n) is 5.76. The van der Waals surface area contributed by atoms with E-state index in [1.807, 2.05) is 0 Å². The summed E-state index contributed by atoms with van der Waals surface area (Å²) >= 11 is 0. The van der Waals surface area contributed by atoms with Crippen molar-refractivity contribution in [2.75, 3.05) is 68.2 Å². The molecule has 0 aliphatic carbocycles. The lowest BCUT2D eigenvalue weighted by Crippen LogP contribution is -2.34. The van der Waals surface area contributed by atoms with Crippen LogP contribution in [0.5, 0.6) is 0 Å². The molecule has 0 rings (SSSR count). The normalized spacial score (nSPS) is 15.7. The fourth-order valence-corrected chi connectivity index (χ4v) is 7.40. The summed E-state index contributed by atoms with van der Waals surface area (Å²) in [6.07, 6.45) is 2.51. The van der Waals surface area contributed by atoms with Crippen LogP contribution in [-0.4, -0.2) is 97.2 Å². The summed E-state index contributed by atoms with van der Waals surface area (Å²) in [5.41, 5.74) is 0. The lowest BCUT2D eigenvalue weighted by Gasteiger charge is -2.36. The minimum atomic E-state index is -3.08. The molecule has 0 saturated carbocycles. The molecule has 0 fully saturated rings. The third-order valence-corrected chi connectivity index (χ3v) is 11.7. The van der Waals surface area contributed by atoms with Gasteiger partial charge in [0, 0.05) is 54.7 Å². The van der Waals surface area contributed by atoms with Gasteiger partial charge >= 0.3 is 15.2 Å². The van der Waals surface area contributed by atoms with Crippen molar-refractivity contribution < 1.29 is 45.7 Å². The first-order valence-electron chi connectivity index (χ1n) is 12.3. The summed E-state index contributed by atoms with van der Waals surface area (Å²) in [5, 5.41) is 0. The quantitative estimate of drug-likeness (QED) is 0.134. The fourth-order valence-electron chi connectivity index (χ4n) is 3.55. The Kier molecular flexibility index (Phi) is 19.9. The lowest BCUT2D eigenvalue weighted by molar-refractivity contribution is 0.0641. The Hall–Kier alpha value is 0.530. The van der Waals surface area contributed by atoms with Crippen molar-refractivity contribution in [3.63, 3.8) is 0 Å². The minimum absolute atomic E-state index is 0.151. The predicted octanol–water partition coefficient (Wildman–Crippen LogP) is 5.93. The molecule has 0 aliphatic rings. The Bertz CT molecular complexity index is 588. The van der Waals surface area contributed by atoms with E-state index in [4.69, 9.17) is 36.6 Å². The van der Waals surface area contributed by atoms with Crippen LogP contribution in [0.1, 0.15) is 53.4 Å². The number of hydrogen-bond acceptors (Lipinski definition) is 11. The van der Waals surface area contributed by atoms with E-state index in [1.54, 1.807) is 14.2 Å². The van der Waals surface area contributed by atoms with Crippen LogP contribution in [0.3, 0.4) is 0 Å². The van der Waals surface area contributed by atoms with Crippen LogP contribution in [0.15, 0.2) is 0 Å². The molecule has 14 heteroatoms. The van der Waals surface area contributed by atoms with Crippen LogP contribution in [-0.2, 0) is 45.7 Å². The molecule has 2 atom stereocenters. The standard InChI is InChI=1S/C22H50NO10P3/c1-19(2)23(20(3)4)34(32-15-11-21(26-5)13-17-35(24,28-7)29-8)33-16-12-22(27-6)14-18-36(25,30-9)31-10/h19-22H,11-18H2,1-10H3. The second-order valence-electron chi connectivity index (χ2n) is 8.74. The van der Waals surface area contributed by atoms with Gasteiger partial charge in [0.05, 0.1) is 37.7 Å². The van der Waals surface area contributed by atoms with E-state index in [9.17, 15) is 9.13 Å². The first-order chi connectivity index (χ1) is 16.9. The lowest BCUT2D eigenvalue weighted by atomic mass is 10.2. The maximum Gasteiger partial charge on any atom is 0.330 e. The molecule has 0 spiro atoms. The molecule has 0 amide bonds. The van der Waals surface area contributed by atoms with Gasteiger partial charge < -0.3 is 36.6 Å². The summed E-state index contributed by atoms with van der Waals surface area (Å²) in [4.78, 5) is 0. The van der Waals surface area contributed by atoms with Crippen LogP contribution < -0.4 is 0 Å². The van der Waals surface area contributed by atoms with Crippen molar-refractivity contribution in [1.82, 2.24) is 4.67 Å². The summed E-state index contributed by atoms with van der Waals surface area (Å²) in [6.45, 7) is 9.28. The molecule has 11 nitrogen and oxygen atoms in total. The van der Waals surface area contributed by atoms with Crippen molar-refractivity contribution >= 4 is 23.7 Å². The van der Waals surface area contributed by atoms with Crippen LogP contribution in [0.4, 0.5) is 0 Å². The zero-order valence-corrected chi connectivity index (χ0v) is 26.5.